The molecule has 1 N–H and O–H groups in total. The van der Waals surface area contributed by atoms with E-state index in [-0.39, 0.29) is 5.91 Å². The third kappa shape index (κ3) is 2.66. The average molecular weight is 246 g/mol. The molecule has 1 aromatic rings. The summed E-state index contributed by atoms with van der Waals surface area (Å²) in [6.45, 7) is 6.01. The van der Waals surface area contributed by atoms with E-state index in [1.807, 2.05) is 37.1 Å². The summed E-state index contributed by atoms with van der Waals surface area (Å²) in [6.07, 6.45) is 2.35. The number of anilines is 1. The van der Waals surface area contributed by atoms with E-state index in [2.05, 4.69) is 12.2 Å². The summed E-state index contributed by atoms with van der Waals surface area (Å²) in [5.41, 5.74) is 2.85. The molecule has 0 spiro atoms. The molecule has 98 valence electrons. The van der Waals surface area contributed by atoms with Crippen LogP contribution in [0.4, 0.5) is 5.69 Å². The highest BCUT2D eigenvalue weighted by Crippen LogP contribution is 2.22. The Hall–Kier alpha value is -1.51. The Morgan fingerprint density at radius 1 is 1.44 bits per heavy atom. The molecule has 1 aliphatic heterocycles. The van der Waals surface area contributed by atoms with Crippen LogP contribution in [0.3, 0.4) is 0 Å². The second-order valence-corrected chi connectivity index (χ2v) is 5.30. The van der Waals surface area contributed by atoms with Gasteiger partial charge in [0.1, 0.15) is 0 Å². The first-order valence-corrected chi connectivity index (χ1v) is 6.69. The lowest BCUT2D eigenvalue weighted by atomic mass is 9.99. The van der Waals surface area contributed by atoms with Gasteiger partial charge in [-0.05, 0) is 37.8 Å². The number of benzene rings is 1. The fourth-order valence-corrected chi connectivity index (χ4v) is 2.60. The average Bonchev–Trinajstić information content (AvgIpc) is 2.38. The summed E-state index contributed by atoms with van der Waals surface area (Å²) in [5, 5.41) is 3.11. The molecular weight excluding hydrogens is 224 g/mol. The van der Waals surface area contributed by atoms with Gasteiger partial charge in [-0.15, -0.1) is 0 Å². The van der Waals surface area contributed by atoms with Gasteiger partial charge in [0.25, 0.3) is 5.91 Å². The van der Waals surface area contributed by atoms with Crippen LogP contribution in [0.25, 0.3) is 0 Å². The van der Waals surface area contributed by atoms with Crippen LogP contribution in [0, 0.1) is 12.8 Å². The first-order chi connectivity index (χ1) is 8.61. The number of piperidine rings is 1. The third-order valence-electron chi connectivity index (χ3n) is 3.62. The van der Waals surface area contributed by atoms with Crippen LogP contribution in [0.5, 0.6) is 0 Å². The number of carbonyl (C=O) groups is 1. The van der Waals surface area contributed by atoms with E-state index in [1.165, 1.54) is 6.42 Å². The lowest BCUT2D eigenvalue weighted by Crippen LogP contribution is -2.39. The van der Waals surface area contributed by atoms with Crippen LogP contribution in [0.1, 0.15) is 35.7 Å². The molecule has 0 saturated carbocycles. The molecule has 0 radical (unpaired) electrons. The maximum atomic E-state index is 12.6. The summed E-state index contributed by atoms with van der Waals surface area (Å²) in [7, 11) is 1.86. The molecule has 1 unspecified atom stereocenters. The summed E-state index contributed by atoms with van der Waals surface area (Å²) < 4.78 is 0. The first-order valence-electron chi connectivity index (χ1n) is 6.69. The highest BCUT2D eigenvalue weighted by molar-refractivity contribution is 5.99. The third-order valence-corrected chi connectivity index (χ3v) is 3.62. The minimum absolute atomic E-state index is 0.162. The van der Waals surface area contributed by atoms with E-state index in [9.17, 15) is 4.79 Å². The SMILES string of the molecule is CNc1ccc(C)cc1C(=O)N1CCCC(C)C1. The van der Waals surface area contributed by atoms with Gasteiger partial charge in [-0.2, -0.15) is 0 Å². The molecule has 3 heteroatoms. The van der Waals surface area contributed by atoms with Crippen LogP contribution in [-0.2, 0) is 0 Å². The normalized spacial score (nSPS) is 19.7. The summed E-state index contributed by atoms with van der Waals surface area (Å²) in [5.74, 6) is 0.778. The molecule has 0 aliphatic carbocycles. The van der Waals surface area contributed by atoms with Crippen LogP contribution in [-0.4, -0.2) is 30.9 Å². The fraction of sp³-hybridized carbons (Fsp3) is 0.533. The van der Waals surface area contributed by atoms with E-state index in [1.54, 1.807) is 0 Å². The highest BCUT2D eigenvalue weighted by Gasteiger charge is 2.23. The quantitative estimate of drug-likeness (QED) is 0.870. The minimum atomic E-state index is 0.162. The Morgan fingerprint density at radius 2 is 2.22 bits per heavy atom. The predicted octanol–water partition coefficient (Wildman–Crippen LogP) is 2.91. The molecule has 0 aromatic heterocycles. The molecule has 2 rings (SSSR count). The number of likely N-dealkylation sites (tertiary alicyclic amines) is 1. The lowest BCUT2D eigenvalue weighted by Gasteiger charge is -2.31. The van der Waals surface area contributed by atoms with Gasteiger partial charge >= 0.3 is 0 Å². The molecule has 3 nitrogen and oxygen atoms in total. The number of nitrogens with one attached hydrogen (secondary N) is 1. The van der Waals surface area contributed by atoms with Crippen LogP contribution < -0.4 is 5.32 Å². The monoisotopic (exact) mass is 246 g/mol. The van der Waals surface area contributed by atoms with Crippen molar-refractivity contribution in [3.63, 3.8) is 0 Å². The van der Waals surface area contributed by atoms with Crippen LogP contribution in [0.15, 0.2) is 18.2 Å². The maximum Gasteiger partial charge on any atom is 0.255 e. The van der Waals surface area contributed by atoms with Crippen molar-refractivity contribution in [2.75, 3.05) is 25.5 Å². The Bertz CT molecular complexity index is 442. The van der Waals surface area contributed by atoms with Crippen LogP contribution in [0.2, 0.25) is 0 Å². The maximum absolute atomic E-state index is 12.6. The van der Waals surface area contributed by atoms with Crippen molar-refractivity contribution in [3.8, 4) is 0 Å². The molecule has 1 fully saturated rings. The molecule has 1 amide bonds. The zero-order valence-corrected chi connectivity index (χ0v) is 11.5. The standard InChI is InChI=1S/C15H22N2O/c1-11-6-7-14(16-3)13(9-11)15(18)17-8-4-5-12(2)10-17/h6-7,9,12,16H,4-5,8,10H2,1-3H3. The van der Waals surface area contributed by atoms with Crippen LogP contribution >= 0.6 is 0 Å². The topological polar surface area (TPSA) is 32.3 Å². The number of nitrogens with zero attached hydrogens (tertiary/aromatic N) is 1. The minimum Gasteiger partial charge on any atom is -0.387 e. The lowest BCUT2D eigenvalue weighted by molar-refractivity contribution is 0.0684. The second-order valence-electron chi connectivity index (χ2n) is 5.30. The van der Waals surface area contributed by atoms with Gasteiger partial charge in [0, 0.05) is 25.8 Å². The van der Waals surface area contributed by atoms with Crippen molar-refractivity contribution in [2.45, 2.75) is 26.7 Å². The van der Waals surface area contributed by atoms with E-state index >= 15 is 0 Å². The predicted molar refractivity (Wildman–Crippen MR) is 75.0 cm³/mol. The largest absolute Gasteiger partial charge is 0.387 e. The van der Waals surface area contributed by atoms with Gasteiger partial charge in [0.05, 0.1) is 5.56 Å². The molecular formula is C15H22N2O. The van der Waals surface area contributed by atoms with E-state index in [0.717, 1.165) is 36.3 Å². The zero-order valence-electron chi connectivity index (χ0n) is 11.5. The van der Waals surface area contributed by atoms with Gasteiger partial charge in [-0.25, -0.2) is 0 Å². The van der Waals surface area contributed by atoms with Gasteiger partial charge in [-0.1, -0.05) is 18.6 Å². The second kappa shape index (κ2) is 5.42. The molecule has 1 heterocycles. The Balaban J connectivity index is 2.24. The van der Waals surface area contributed by atoms with E-state index in [4.69, 9.17) is 0 Å². The summed E-state index contributed by atoms with van der Waals surface area (Å²) in [4.78, 5) is 14.6. The first kappa shape index (κ1) is 12.9. The van der Waals surface area contributed by atoms with Gasteiger partial charge in [-0.3, -0.25) is 4.79 Å². The van der Waals surface area contributed by atoms with Gasteiger partial charge in [0.2, 0.25) is 0 Å². The van der Waals surface area contributed by atoms with Gasteiger partial charge in [0.15, 0.2) is 0 Å². The molecule has 1 aliphatic rings. The molecule has 0 bridgehead atoms. The number of aryl methyl sites for hydroxylation is 1. The summed E-state index contributed by atoms with van der Waals surface area (Å²) >= 11 is 0. The van der Waals surface area contributed by atoms with Crippen molar-refractivity contribution in [1.82, 2.24) is 4.90 Å². The van der Waals surface area contributed by atoms with Gasteiger partial charge < -0.3 is 10.2 Å². The fourth-order valence-electron chi connectivity index (χ4n) is 2.60. The molecule has 1 aromatic carbocycles. The van der Waals surface area contributed by atoms with Crippen molar-refractivity contribution in [3.05, 3.63) is 29.3 Å². The van der Waals surface area contributed by atoms with Crippen molar-refractivity contribution < 1.29 is 4.79 Å². The number of hydrogen-bond acceptors (Lipinski definition) is 2. The number of carbonyl (C=O) groups excluding carboxylic acids is 1. The summed E-state index contributed by atoms with van der Waals surface area (Å²) in [6, 6.07) is 5.99. The molecule has 1 saturated heterocycles. The number of rotatable bonds is 2. The van der Waals surface area contributed by atoms with E-state index in [0.29, 0.717) is 5.92 Å². The Kier molecular flexibility index (Phi) is 3.90. The van der Waals surface area contributed by atoms with Crippen molar-refractivity contribution in [1.29, 1.82) is 0 Å². The van der Waals surface area contributed by atoms with E-state index < -0.39 is 0 Å². The number of hydrogen-bond donors (Lipinski definition) is 1. The van der Waals surface area contributed by atoms with Crippen molar-refractivity contribution >= 4 is 11.6 Å². The molecule has 18 heavy (non-hydrogen) atoms. The highest BCUT2D eigenvalue weighted by atomic mass is 16.2. The zero-order chi connectivity index (χ0) is 13.1. The Morgan fingerprint density at radius 3 is 2.89 bits per heavy atom. The molecule has 1 atom stereocenters. The smallest absolute Gasteiger partial charge is 0.255 e. The number of amides is 1. The Labute approximate surface area is 109 Å². The van der Waals surface area contributed by atoms with Crippen molar-refractivity contribution in [2.24, 2.45) is 5.92 Å².